The molecule has 0 fully saturated rings. The number of amides is 1. The Hall–Kier alpha value is -3.99. The van der Waals surface area contributed by atoms with Crippen molar-refractivity contribution in [2.75, 3.05) is 18.0 Å². The van der Waals surface area contributed by atoms with E-state index >= 15 is 0 Å². The molecule has 0 spiro atoms. The molecule has 0 unspecified atom stereocenters. The lowest BCUT2D eigenvalue weighted by Gasteiger charge is -2.20. The first-order valence-corrected chi connectivity index (χ1v) is 12.2. The van der Waals surface area contributed by atoms with Crippen molar-refractivity contribution in [1.82, 2.24) is 10.4 Å². The molecule has 0 aliphatic carbocycles. The fourth-order valence-electron chi connectivity index (χ4n) is 4.14. The van der Waals surface area contributed by atoms with E-state index in [0.717, 1.165) is 40.8 Å². The maximum Gasteiger partial charge on any atom is 0.272 e. The highest BCUT2D eigenvalue weighted by Gasteiger charge is 2.14. The number of rotatable bonds is 8. The van der Waals surface area contributed by atoms with Gasteiger partial charge in [-0.3, -0.25) is 4.79 Å². The third kappa shape index (κ3) is 5.57. The lowest BCUT2D eigenvalue weighted by atomic mass is 9.99. The molecule has 178 valence electrons. The summed E-state index contributed by atoms with van der Waals surface area (Å²) in [5.41, 5.74) is 9.13. The maximum absolute atomic E-state index is 13.1. The Bertz CT molecular complexity index is 1320. The van der Waals surface area contributed by atoms with Crippen molar-refractivity contribution in [2.45, 2.75) is 33.6 Å². The third-order valence-corrected chi connectivity index (χ3v) is 6.24. The van der Waals surface area contributed by atoms with Crippen LogP contribution in [0.1, 0.15) is 55.1 Å². The Kier molecular flexibility index (Phi) is 7.56. The standard InChI is InChI=1S/C30H32N4O/c1-5-34(6-2)25-17-11-22(12-18-25)20-31-33-30(35)27-19-29(32-28-10-8-7-9-26(27)28)24-15-13-23(14-16-24)21(3)4/h7-21H,5-6H2,1-4H3,(H,33,35)/b31-20+. The molecule has 4 rings (SSSR count). The van der Waals surface area contributed by atoms with Crippen LogP contribution < -0.4 is 10.3 Å². The second-order valence-electron chi connectivity index (χ2n) is 8.81. The van der Waals surface area contributed by atoms with E-state index in [1.807, 2.05) is 42.5 Å². The van der Waals surface area contributed by atoms with Crippen molar-refractivity contribution in [3.05, 3.63) is 95.6 Å². The number of aromatic nitrogens is 1. The first-order valence-electron chi connectivity index (χ1n) is 12.2. The topological polar surface area (TPSA) is 57.6 Å². The van der Waals surface area contributed by atoms with Crippen LogP contribution in [-0.2, 0) is 0 Å². The average Bonchev–Trinajstić information content (AvgIpc) is 2.89. The van der Waals surface area contributed by atoms with Gasteiger partial charge in [0.2, 0.25) is 0 Å². The van der Waals surface area contributed by atoms with E-state index in [9.17, 15) is 4.79 Å². The summed E-state index contributed by atoms with van der Waals surface area (Å²) < 4.78 is 0. The van der Waals surface area contributed by atoms with Gasteiger partial charge in [-0.15, -0.1) is 0 Å². The summed E-state index contributed by atoms with van der Waals surface area (Å²) in [4.78, 5) is 20.2. The number of nitrogens with one attached hydrogen (secondary N) is 1. The van der Waals surface area contributed by atoms with Crippen molar-refractivity contribution in [2.24, 2.45) is 5.10 Å². The van der Waals surface area contributed by atoms with Crippen LogP contribution in [0.15, 0.2) is 84.0 Å². The molecular weight excluding hydrogens is 432 g/mol. The molecule has 1 heterocycles. The first-order chi connectivity index (χ1) is 17.0. The summed E-state index contributed by atoms with van der Waals surface area (Å²) in [7, 11) is 0. The lowest BCUT2D eigenvalue weighted by molar-refractivity contribution is 0.0956. The van der Waals surface area contributed by atoms with E-state index in [0.29, 0.717) is 11.5 Å². The largest absolute Gasteiger partial charge is 0.372 e. The first kappa shape index (κ1) is 24.1. The van der Waals surface area contributed by atoms with Gasteiger partial charge in [-0.05, 0) is 55.2 Å². The molecule has 1 N–H and O–H groups in total. The number of hydrogen-bond acceptors (Lipinski definition) is 4. The van der Waals surface area contributed by atoms with Gasteiger partial charge in [0.25, 0.3) is 5.91 Å². The van der Waals surface area contributed by atoms with Crippen molar-refractivity contribution in [3.8, 4) is 11.3 Å². The van der Waals surface area contributed by atoms with Crippen molar-refractivity contribution in [3.63, 3.8) is 0 Å². The predicted molar refractivity (Wildman–Crippen MR) is 146 cm³/mol. The van der Waals surface area contributed by atoms with E-state index in [2.05, 4.69) is 79.5 Å². The summed E-state index contributed by atoms with van der Waals surface area (Å²) in [6.07, 6.45) is 1.67. The highest BCUT2D eigenvalue weighted by Crippen LogP contribution is 2.26. The van der Waals surface area contributed by atoms with Gasteiger partial charge in [-0.2, -0.15) is 5.10 Å². The Morgan fingerprint density at radius 3 is 2.31 bits per heavy atom. The number of nitrogens with zero attached hydrogens (tertiary/aromatic N) is 3. The summed E-state index contributed by atoms with van der Waals surface area (Å²) in [5, 5.41) is 5.01. The number of carbonyl (C=O) groups excluding carboxylic acids is 1. The number of pyridine rings is 1. The molecular formula is C30H32N4O. The summed E-state index contributed by atoms with van der Waals surface area (Å²) >= 11 is 0. The summed E-state index contributed by atoms with van der Waals surface area (Å²) in [6, 6.07) is 26.1. The Balaban J connectivity index is 1.57. The second-order valence-corrected chi connectivity index (χ2v) is 8.81. The van der Waals surface area contributed by atoms with Crippen LogP contribution in [0.2, 0.25) is 0 Å². The highest BCUT2D eigenvalue weighted by atomic mass is 16.2. The van der Waals surface area contributed by atoms with E-state index < -0.39 is 0 Å². The van der Waals surface area contributed by atoms with Crippen molar-refractivity contribution >= 4 is 28.7 Å². The monoisotopic (exact) mass is 464 g/mol. The number of para-hydroxylation sites is 1. The maximum atomic E-state index is 13.1. The van der Waals surface area contributed by atoms with E-state index in [1.54, 1.807) is 6.21 Å². The van der Waals surface area contributed by atoms with Crippen molar-refractivity contribution < 1.29 is 4.79 Å². The van der Waals surface area contributed by atoms with Crippen LogP contribution in [0.3, 0.4) is 0 Å². The normalized spacial score (nSPS) is 11.3. The average molecular weight is 465 g/mol. The predicted octanol–water partition coefficient (Wildman–Crippen LogP) is 6.64. The van der Waals surface area contributed by atoms with Gasteiger partial charge in [-0.1, -0.05) is 68.4 Å². The molecule has 5 heteroatoms. The zero-order valence-corrected chi connectivity index (χ0v) is 20.8. The van der Waals surface area contributed by atoms with Gasteiger partial charge in [0.05, 0.1) is 23.0 Å². The molecule has 0 aliphatic heterocycles. The fraction of sp³-hybridized carbons (Fsp3) is 0.233. The zero-order valence-electron chi connectivity index (χ0n) is 20.8. The van der Waals surface area contributed by atoms with Crippen LogP contribution in [0.5, 0.6) is 0 Å². The van der Waals surface area contributed by atoms with Gasteiger partial charge < -0.3 is 4.90 Å². The number of hydrogen-bond donors (Lipinski definition) is 1. The Morgan fingerprint density at radius 1 is 0.971 bits per heavy atom. The van der Waals surface area contributed by atoms with Crippen LogP contribution >= 0.6 is 0 Å². The summed E-state index contributed by atoms with van der Waals surface area (Å²) in [6.45, 7) is 10.6. The van der Waals surface area contributed by atoms with Crippen LogP contribution in [0.4, 0.5) is 5.69 Å². The third-order valence-electron chi connectivity index (χ3n) is 6.24. The smallest absolute Gasteiger partial charge is 0.272 e. The van der Waals surface area contributed by atoms with Crippen LogP contribution in [0, 0.1) is 0 Å². The molecule has 4 aromatic rings. The fourth-order valence-corrected chi connectivity index (χ4v) is 4.14. The van der Waals surface area contributed by atoms with Gasteiger partial charge in [0.15, 0.2) is 0 Å². The molecule has 3 aromatic carbocycles. The molecule has 35 heavy (non-hydrogen) atoms. The quantitative estimate of drug-likeness (QED) is 0.235. The minimum atomic E-state index is -0.264. The minimum Gasteiger partial charge on any atom is -0.372 e. The molecule has 0 saturated carbocycles. The Labute approximate surface area is 207 Å². The second kappa shape index (κ2) is 11.0. The highest BCUT2D eigenvalue weighted by molar-refractivity contribution is 6.07. The number of hydrazone groups is 1. The molecule has 1 aromatic heterocycles. The number of anilines is 1. The van der Waals surface area contributed by atoms with E-state index in [4.69, 9.17) is 4.98 Å². The van der Waals surface area contributed by atoms with E-state index in [1.165, 1.54) is 11.3 Å². The number of carbonyl (C=O) groups is 1. The minimum absolute atomic E-state index is 0.264. The lowest BCUT2D eigenvalue weighted by Crippen LogP contribution is -2.21. The van der Waals surface area contributed by atoms with Gasteiger partial charge in [0.1, 0.15) is 0 Å². The molecule has 5 nitrogen and oxygen atoms in total. The van der Waals surface area contributed by atoms with Crippen LogP contribution in [0.25, 0.3) is 22.2 Å². The zero-order chi connectivity index (χ0) is 24.8. The molecule has 0 saturated heterocycles. The molecule has 0 bridgehead atoms. The molecule has 0 atom stereocenters. The SMILES string of the molecule is CCN(CC)c1ccc(/C=N/NC(=O)c2cc(-c3ccc(C(C)C)cc3)nc3ccccc23)cc1. The van der Waals surface area contributed by atoms with Gasteiger partial charge >= 0.3 is 0 Å². The summed E-state index contributed by atoms with van der Waals surface area (Å²) in [5.74, 6) is 0.195. The molecule has 0 aliphatic rings. The van der Waals surface area contributed by atoms with Crippen LogP contribution in [-0.4, -0.2) is 30.2 Å². The van der Waals surface area contributed by atoms with Gasteiger partial charge in [0, 0.05) is 29.7 Å². The Morgan fingerprint density at radius 2 is 1.66 bits per heavy atom. The van der Waals surface area contributed by atoms with Crippen molar-refractivity contribution in [1.29, 1.82) is 0 Å². The number of fused-ring (bicyclic) bond motifs is 1. The molecule has 1 amide bonds. The number of benzene rings is 3. The molecule has 0 radical (unpaired) electrons. The van der Waals surface area contributed by atoms with Gasteiger partial charge in [-0.25, -0.2) is 10.4 Å². The van der Waals surface area contributed by atoms with E-state index in [-0.39, 0.29) is 5.91 Å².